The fraction of sp³-hybridized carbons (Fsp3) is 1.00. The second-order valence-electron chi connectivity index (χ2n) is 3.13. The maximum atomic E-state index is 11.7. The zero-order valence-electron chi connectivity index (χ0n) is 6.77. The lowest BCUT2D eigenvalue weighted by atomic mass is 10.3. The molecule has 0 aliphatic heterocycles. The number of rotatable bonds is 5. The van der Waals surface area contributed by atoms with Crippen molar-refractivity contribution in [3.05, 3.63) is 0 Å². The van der Waals surface area contributed by atoms with Crippen LogP contribution in [0, 0.1) is 0 Å². The van der Waals surface area contributed by atoms with E-state index in [4.69, 9.17) is 0 Å². The van der Waals surface area contributed by atoms with Gasteiger partial charge in [-0.15, -0.1) is 0 Å². The van der Waals surface area contributed by atoms with Gasteiger partial charge in [0.25, 0.3) is 0 Å². The normalized spacial score (nSPS) is 12.0. The fourth-order valence-corrected chi connectivity index (χ4v) is 0.847. The molecule has 10 heavy (non-hydrogen) atoms. The van der Waals surface area contributed by atoms with Crippen LogP contribution in [0.2, 0.25) is 0 Å². The van der Waals surface area contributed by atoms with E-state index in [1.807, 2.05) is 14.1 Å². The molecular weight excluding hydrogens is 132 g/mol. The Morgan fingerprint density at radius 1 is 1.30 bits per heavy atom. The first-order valence-corrected chi connectivity index (χ1v) is 3.58. The van der Waals surface area contributed by atoms with Crippen LogP contribution in [-0.2, 0) is 0 Å². The Morgan fingerprint density at radius 2 is 1.90 bits per heavy atom. The summed E-state index contributed by atoms with van der Waals surface area (Å²) in [5.74, 6) is 0. The van der Waals surface area contributed by atoms with Gasteiger partial charge >= 0.3 is 0 Å². The summed E-state index contributed by atoms with van der Waals surface area (Å²) in [4.78, 5) is 0. The highest BCUT2D eigenvalue weighted by Crippen LogP contribution is 1.97. The third kappa shape index (κ3) is 4.70. The molecule has 0 aliphatic rings. The van der Waals surface area contributed by atoms with Gasteiger partial charge in [0.15, 0.2) is 0 Å². The number of hydrogen-bond donors (Lipinski definition) is 0. The Hall–Kier alpha value is -0.150. The largest absolute Gasteiger partial charge is 0.850 e. The van der Waals surface area contributed by atoms with Gasteiger partial charge in [-0.2, -0.15) is 0 Å². The average molecular weight is 148 g/mol. The van der Waals surface area contributed by atoms with Gasteiger partial charge < -0.3 is 9.59 Å². The van der Waals surface area contributed by atoms with Crippen molar-refractivity contribution in [2.75, 3.05) is 40.5 Å². The molecule has 0 aromatic heterocycles. The molecule has 2 nitrogen and oxygen atoms in total. The molecule has 0 heterocycles. The second-order valence-corrected chi connectivity index (χ2v) is 3.13. The van der Waals surface area contributed by atoms with Gasteiger partial charge in [-0.3, -0.25) is 4.39 Å². The summed E-state index contributed by atoms with van der Waals surface area (Å²) in [6, 6.07) is 0. The molecule has 0 amide bonds. The molecule has 0 aliphatic carbocycles. The molecule has 0 aromatic carbocycles. The summed E-state index contributed by atoms with van der Waals surface area (Å²) in [5.41, 5.74) is 0. The molecule has 0 N–H and O–H groups in total. The van der Waals surface area contributed by atoms with Gasteiger partial charge in [0.1, 0.15) is 0 Å². The van der Waals surface area contributed by atoms with Crippen molar-refractivity contribution in [2.45, 2.75) is 6.42 Å². The zero-order valence-corrected chi connectivity index (χ0v) is 6.77. The Balaban J connectivity index is 3.42. The predicted molar refractivity (Wildman–Crippen MR) is 37.3 cm³/mol. The van der Waals surface area contributed by atoms with E-state index in [1.54, 1.807) is 0 Å². The minimum atomic E-state index is -0.277. The maximum absolute atomic E-state index is 11.7. The van der Waals surface area contributed by atoms with Crippen LogP contribution in [0.5, 0.6) is 0 Å². The van der Waals surface area contributed by atoms with Crippen molar-refractivity contribution < 1.29 is 14.0 Å². The topological polar surface area (TPSA) is 23.1 Å². The van der Waals surface area contributed by atoms with Gasteiger partial charge in [-0.05, 0) is 0 Å². The molecule has 62 valence electrons. The Morgan fingerprint density at radius 3 is 2.30 bits per heavy atom. The molecule has 0 unspecified atom stereocenters. The molecule has 0 radical (unpaired) electrons. The lowest BCUT2D eigenvalue weighted by molar-refractivity contribution is -0.895. The summed E-state index contributed by atoms with van der Waals surface area (Å²) in [6.07, 6.45) is 0.562. The Kier molecular flexibility index (Phi) is 4.56. The van der Waals surface area contributed by atoms with Crippen LogP contribution in [-0.4, -0.2) is 44.9 Å². The van der Waals surface area contributed by atoms with E-state index >= 15 is 0 Å². The van der Waals surface area contributed by atoms with Gasteiger partial charge in [0.2, 0.25) is 0 Å². The molecule has 0 spiro atoms. The number of likely N-dealkylation sites (N-methyl/N-ethyl adjacent to an activating group) is 1. The highest BCUT2D eigenvalue weighted by atomic mass is 18.2. The monoisotopic (exact) mass is 148 g/mol. The van der Waals surface area contributed by atoms with Crippen LogP contribution in [0.25, 0.3) is 0 Å². The Bertz CT molecular complexity index is 85.7. The summed E-state index contributed by atoms with van der Waals surface area (Å²) in [5, 5.41) is 10.2. The van der Waals surface area contributed by atoms with Crippen LogP contribution in [0.1, 0.15) is 6.42 Å². The zero-order chi connectivity index (χ0) is 8.04. The smallest absolute Gasteiger partial charge is 0.0947 e. The van der Waals surface area contributed by atoms with E-state index in [9.17, 15) is 9.50 Å². The first-order valence-electron chi connectivity index (χ1n) is 3.58. The van der Waals surface area contributed by atoms with Crippen LogP contribution < -0.4 is 5.11 Å². The van der Waals surface area contributed by atoms with Gasteiger partial charge in [-0.1, -0.05) is 6.61 Å². The molecule has 0 rings (SSSR count). The summed E-state index contributed by atoms with van der Waals surface area (Å²) in [7, 11) is 3.90. The number of halogens is 1. The minimum Gasteiger partial charge on any atom is -0.850 e. The molecule has 0 atom stereocenters. The third-order valence-electron chi connectivity index (χ3n) is 1.59. The number of hydrogen-bond acceptors (Lipinski definition) is 1. The highest BCUT2D eigenvalue weighted by molar-refractivity contribution is 4.34. The van der Waals surface area contributed by atoms with Crippen LogP contribution in [0.3, 0.4) is 0 Å². The SMILES string of the molecule is C[N+](C)(CC[O-])CCC[18F]. The van der Waals surface area contributed by atoms with Crippen molar-refractivity contribution in [3.8, 4) is 0 Å². The molecule has 3 heteroatoms. The number of alkyl halides is 1. The molecule has 0 fully saturated rings. The summed E-state index contributed by atoms with van der Waals surface area (Å²) < 4.78 is 12.3. The molecule has 0 aromatic rings. The molecular formula is C7H16FNO. The number of quaternary nitrogens is 1. The summed E-state index contributed by atoms with van der Waals surface area (Å²) >= 11 is 0. The minimum absolute atomic E-state index is 0.0702. The van der Waals surface area contributed by atoms with Crippen LogP contribution in [0.4, 0.5) is 4.39 Å². The molecule has 0 saturated carbocycles. The molecule has 0 saturated heterocycles. The fourth-order valence-electron chi connectivity index (χ4n) is 0.847. The van der Waals surface area contributed by atoms with Gasteiger partial charge in [-0.25, -0.2) is 0 Å². The van der Waals surface area contributed by atoms with E-state index in [-0.39, 0.29) is 13.3 Å². The van der Waals surface area contributed by atoms with Crippen molar-refractivity contribution in [3.63, 3.8) is 0 Å². The van der Waals surface area contributed by atoms with E-state index in [0.717, 1.165) is 6.54 Å². The first-order chi connectivity index (χ1) is 4.62. The van der Waals surface area contributed by atoms with Crippen LogP contribution >= 0.6 is 0 Å². The van der Waals surface area contributed by atoms with E-state index in [0.29, 0.717) is 17.4 Å². The Labute approximate surface area is 61.9 Å². The molecule has 0 bridgehead atoms. The predicted octanol–water partition coefficient (Wildman–Crippen LogP) is -0.217. The first kappa shape index (κ1) is 9.85. The van der Waals surface area contributed by atoms with Crippen molar-refractivity contribution in [1.82, 2.24) is 0 Å². The lowest BCUT2D eigenvalue weighted by Gasteiger charge is -2.30. The van der Waals surface area contributed by atoms with E-state index < -0.39 is 0 Å². The maximum Gasteiger partial charge on any atom is 0.0947 e. The van der Waals surface area contributed by atoms with Gasteiger partial charge in [0, 0.05) is 6.42 Å². The van der Waals surface area contributed by atoms with Crippen molar-refractivity contribution >= 4 is 0 Å². The highest BCUT2D eigenvalue weighted by Gasteiger charge is 2.10. The average Bonchev–Trinajstić information content (AvgIpc) is 1.84. The summed E-state index contributed by atoms with van der Waals surface area (Å²) in [6.45, 7) is 1.01. The van der Waals surface area contributed by atoms with Gasteiger partial charge in [0.05, 0.1) is 33.9 Å². The van der Waals surface area contributed by atoms with Crippen LogP contribution in [0.15, 0.2) is 0 Å². The number of nitrogens with zero attached hydrogens (tertiary/aromatic N) is 1. The lowest BCUT2D eigenvalue weighted by Crippen LogP contribution is -2.44. The van der Waals surface area contributed by atoms with E-state index in [2.05, 4.69) is 0 Å². The van der Waals surface area contributed by atoms with Crippen molar-refractivity contribution in [2.24, 2.45) is 0 Å². The third-order valence-corrected chi connectivity index (χ3v) is 1.59. The quantitative estimate of drug-likeness (QED) is 0.494. The van der Waals surface area contributed by atoms with Crippen molar-refractivity contribution in [1.29, 1.82) is 0 Å². The second kappa shape index (κ2) is 4.63. The standard InChI is InChI=1S/C7H16FNO/c1-9(2,6-7-10)5-3-4-8/h3-7H2,1-2H3/i8-1. The van der Waals surface area contributed by atoms with E-state index in [1.165, 1.54) is 0 Å².